The number of hydrogen-bond acceptors (Lipinski definition) is 2. The molecule has 2 heteroatoms. The maximum atomic E-state index is 2.66. The molecular formula is C27H54N2. The molecule has 0 radical (unpaired) electrons. The van der Waals surface area contributed by atoms with Gasteiger partial charge in [-0.05, 0) is 25.7 Å². The largest absolute Gasteiger partial charge is 0.356 e. The van der Waals surface area contributed by atoms with Crippen LogP contribution < -0.4 is 0 Å². The van der Waals surface area contributed by atoms with Crippen molar-refractivity contribution in [2.24, 2.45) is 0 Å². The summed E-state index contributed by atoms with van der Waals surface area (Å²) in [5.74, 6) is 0. The van der Waals surface area contributed by atoms with E-state index in [-0.39, 0.29) is 0 Å². The lowest BCUT2D eigenvalue weighted by atomic mass is 10.1. The Morgan fingerprint density at radius 2 is 0.793 bits per heavy atom. The van der Waals surface area contributed by atoms with E-state index in [0.29, 0.717) is 6.17 Å². The minimum atomic E-state index is 0.645. The lowest BCUT2D eigenvalue weighted by molar-refractivity contribution is 0.135. The molecule has 0 amide bonds. The Morgan fingerprint density at radius 1 is 0.448 bits per heavy atom. The van der Waals surface area contributed by atoms with Gasteiger partial charge in [0.05, 0.1) is 0 Å². The first-order chi connectivity index (χ1) is 14.3. The first-order valence-electron chi connectivity index (χ1n) is 13.5. The van der Waals surface area contributed by atoms with Crippen molar-refractivity contribution in [3.8, 4) is 0 Å². The minimum Gasteiger partial charge on any atom is -0.356 e. The molecule has 0 aliphatic carbocycles. The van der Waals surface area contributed by atoms with E-state index in [9.17, 15) is 0 Å². The second-order valence-electron chi connectivity index (χ2n) is 9.35. The molecule has 1 atom stereocenters. The molecule has 0 aromatic heterocycles. The Balaban J connectivity index is 2.20. The predicted molar refractivity (Wildman–Crippen MR) is 131 cm³/mol. The van der Waals surface area contributed by atoms with Crippen molar-refractivity contribution < 1.29 is 0 Å². The van der Waals surface area contributed by atoms with Gasteiger partial charge in [0.15, 0.2) is 0 Å². The summed E-state index contributed by atoms with van der Waals surface area (Å²) in [6.07, 6.45) is 32.1. The van der Waals surface area contributed by atoms with Gasteiger partial charge in [0.25, 0.3) is 0 Å². The van der Waals surface area contributed by atoms with E-state index in [2.05, 4.69) is 43.0 Å². The van der Waals surface area contributed by atoms with Gasteiger partial charge in [0, 0.05) is 25.5 Å². The first kappa shape index (κ1) is 26.4. The fraction of sp³-hybridized carbons (Fsp3) is 0.926. The molecule has 0 spiro atoms. The summed E-state index contributed by atoms with van der Waals surface area (Å²) in [5.41, 5.74) is 0. The molecular weight excluding hydrogens is 352 g/mol. The number of rotatable bonds is 21. The normalized spacial score (nSPS) is 16.3. The van der Waals surface area contributed by atoms with Crippen LogP contribution in [-0.2, 0) is 0 Å². The zero-order valence-electron chi connectivity index (χ0n) is 20.5. The molecule has 1 aliphatic rings. The fourth-order valence-corrected chi connectivity index (χ4v) is 4.60. The second kappa shape index (κ2) is 19.3. The van der Waals surface area contributed by atoms with Gasteiger partial charge in [-0.15, -0.1) is 0 Å². The van der Waals surface area contributed by atoms with E-state index in [1.165, 1.54) is 135 Å². The monoisotopic (exact) mass is 406 g/mol. The topological polar surface area (TPSA) is 6.48 Å². The second-order valence-corrected chi connectivity index (χ2v) is 9.35. The quantitative estimate of drug-likeness (QED) is 0.176. The maximum absolute atomic E-state index is 2.66. The van der Waals surface area contributed by atoms with Crippen LogP contribution in [0.1, 0.15) is 143 Å². The Kier molecular flexibility index (Phi) is 17.6. The fourth-order valence-electron chi connectivity index (χ4n) is 4.60. The van der Waals surface area contributed by atoms with Crippen LogP contribution in [0.15, 0.2) is 12.4 Å². The Hall–Kier alpha value is -0.660. The zero-order chi connectivity index (χ0) is 21.0. The molecule has 0 aromatic rings. The third-order valence-corrected chi connectivity index (χ3v) is 6.57. The summed E-state index contributed by atoms with van der Waals surface area (Å²) in [6, 6.07) is 0. The standard InChI is InChI=1S/C27H54N2/c1-4-7-10-12-14-15-16-18-21-24-29-26-25-28(27(29)22-19-9-6-3)23-20-17-13-11-8-5-2/h25-27H,4-24H2,1-3H3. The van der Waals surface area contributed by atoms with E-state index in [1.54, 1.807) is 0 Å². The number of nitrogens with zero attached hydrogens (tertiary/aromatic N) is 2. The highest BCUT2D eigenvalue weighted by molar-refractivity contribution is 4.96. The van der Waals surface area contributed by atoms with Crippen LogP contribution in [0.4, 0.5) is 0 Å². The van der Waals surface area contributed by atoms with Gasteiger partial charge in [-0.3, -0.25) is 0 Å². The van der Waals surface area contributed by atoms with E-state index in [4.69, 9.17) is 0 Å². The summed E-state index contributed by atoms with van der Waals surface area (Å²) >= 11 is 0. The summed E-state index contributed by atoms with van der Waals surface area (Å²) in [6.45, 7) is 9.44. The molecule has 0 N–H and O–H groups in total. The van der Waals surface area contributed by atoms with Crippen LogP contribution in [0.25, 0.3) is 0 Å². The third-order valence-electron chi connectivity index (χ3n) is 6.57. The van der Waals surface area contributed by atoms with Crippen molar-refractivity contribution in [3.05, 3.63) is 12.4 Å². The molecule has 0 fully saturated rings. The smallest absolute Gasteiger partial charge is 0.101 e. The van der Waals surface area contributed by atoms with Gasteiger partial charge >= 0.3 is 0 Å². The molecule has 172 valence electrons. The van der Waals surface area contributed by atoms with Crippen molar-refractivity contribution in [2.45, 2.75) is 149 Å². The van der Waals surface area contributed by atoms with Gasteiger partial charge in [-0.1, -0.05) is 117 Å². The van der Waals surface area contributed by atoms with Crippen LogP contribution in [0.5, 0.6) is 0 Å². The van der Waals surface area contributed by atoms with Crippen molar-refractivity contribution >= 4 is 0 Å². The van der Waals surface area contributed by atoms with Crippen molar-refractivity contribution in [1.29, 1.82) is 0 Å². The molecule has 0 saturated heterocycles. The molecule has 1 rings (SSSR count). The van der Waals surface area contributed by atoms with Gasteiger partial charge in [-0.2, -0.15) is 0 Å². The summed E-state index contributed by atoms with van der Waals surface area (Å²) in [5, 5.41) is 0. The summed E-state index contributed by atoms with van der Waals surface area (Å²) < 4.78 is 0. The Morgan fingerprint density at radius 3 is 1.21 bits per heavy atom. The molecule has 1 aliphatic heterocycles. The first-order valence-corrected chi connectivity index (χ1v) is 13.5. The lowest BCUT2D eigenvalue weighted by Gasteiger charge is -2.33. The Labute approximate surface area is 184 Å². The van der Waals surface area contributed by atoms with Crippen LogP contribution >= 0.6 is 0 Å². The maximum Gasteiger partial charge on any atom is 0.101 e. The average molecular weight is 407 g/mol. The van der Waals surface area contributed by atoms with Crippen molar-refractivity contribution in [2.75, 3.05) is 13.1 Å². The van der Waals surface area contributed by atoms with E-state index >= 15 is 0 Å². The molecule has 29 heavy (non-hydrogen) atoms. The lowest BCUT2D eigenvalue weighted by Crippen LogP contribution is -2.39. The molecule has 0 aromatic carbocycles. The van der Waals surface area contributed by atoms with Gasteiger partial charge < -0.3 is 9.80 Å². The van der Waals surface area contributed by atoms with Gasteiger partial charge in [-0.25, -0.2) is 0 Å². The highest BCUT2D eigenvalue weighted by Crippen LogP contribution is 2.23. The predicted octanol–water partition coefficient (Wildman–Crippen LogP) is 8.87. The molecule has 0 bridgehead atoms. The summed E-state index contributed by atoms with van der Waals surface area (Å²) in [4.78, 5) is 5.32. The summed E-state index contributed by atoms with van der Waals surface area (Å²) in [7, 11) is 0. The molecule has 1 unspecified atom stereocenters. The van der Waals surface area contributed by atoms with Crippen LogP contribution in [0.2, 0.25) is 0 Å². The average Bonchev–Trinajstić information content (AvgIpc) is 3.11. The van der Waals surface area contributed by atoms with Gasteiger partial charge in [0.1, 0.15) is 6.17 Å². The van der Waals surface area contributed by atoms with Crippen LogP contribution in [0, 0.1) is 0 Å². The van der Waals surface area contributed by atoms with Crippen LogP contribution in [0.3, 0.4) is 0 Å². The third kappa shape index (κ3) is 13.3. The van der Waals surface area contributed by atoms with Crippen molar-refractivity contribution in [1.82, 2.24) is 9.80 Å². The number of hydrogen-bond donors (Lipinski definition) is 0. The molecule has 0 saturated carbocycles. The Bertz CT molecular complexity index is 366. The number of unbranched alkanes of at least 4 members (excludes halogenated alkanes) is 15. The SMILES string of the molecule is CCCCCCCCCCCN1C=CN(CCCCCCCC)C1CCCCC. The van der Waals surface area contributed by atoms with Gasteiger partial charge in [0.2, 0.25) is 0 Å². The minimum absolute atomic E-state index is 0.645. The highest BCUT2D eigenvalue weighted by atomic mass is 15.4. The van der Waals surface area contributed by atoms with E-state index < -0.39 is 0 Å². The molecule has 1 heterocycles. The zero-order valence-corrected chi connectivity index (χ0v) is 20.5. The van der Waals surface area contributed by atoms with E-state index in [0.717, 1.165) is 0 Å². The molecule has 2 nitrogen and oxygen atoms in total. The van der Waals surface area contributed by atoms with Crippen molar-refractivity contribution in [3.63, 3.8) is 0 Å². The van der Waals surface area contributed by atoms with E-state index in [1.807, 2.05) is 0 Å². The highest BCUT2D eigenvalue weighted by Gasteiger charge is 2.24. The van der Waals surface area contributed by atoms with Crippen LogP contribution in [-0.4, -0.2) is 29.1 Å².